The third-order valence-corrected chi connectivity index (χ3v) is 4.63. The molecule has 0 saturated heterocycles. The van der Waals surface area contributed by atoms with Gasteiger partial charge in [0.25, 0.3) is 0 Å². The summed E-state index contributed by atoms with van der Waals surface area (Å²) in [7, 11) is 1.95. The van der Waals surface area contributed by atoms with E-state index in [-0.39, 0.29) is 12.2 Å². The van der Waals surface area contributed by atoms with Crippen LogP contribution in [-0.4, -0.2) is 26.9 Å². The van der Waals surface area contributed by atoms with E-state index in [2.05, 4.69) is 16.0 Å². The Bertz CT molecular complexity index is 1210. The first kappa shape index (κ1) is 15.6. The molecule has 140 valence electrons. The minimum Gasteiger partial charge on any atom is -0.494 e. The molecule has 0 unspecified atom stereocenters. The molecule has 0 spiro atoms. The average molecular weight is 373 g/mol. The number of Topliss-reactive ketones (excluding diaryl/α,β-unsaturated/α-hetero) is 1. The molecule has 2 aromatic heterocycles. The predicted molar refractivity (Wildman–Crippen MR) is 110 cm³/mol. The Morgan fingerprint density at radius 3 is 2.64 bits per heavy atom. The molecule has 0 bridgehead atoms. The normalized spacial score (nSPS) is 12.5. The van der Waals surface area contributed by atoms with Crippen molar-refractivity contribution >= 4 is 16.6 Å². The van der Waals surface area contributed by atoms with Gasteiger partial charge in [0, 0.05) is 35.5 Å². The highest BCUT2D eigenvalue weighted by molar-refractivity contribution is 5.98. The van der Waals surface area contributed by atoms with Crippen molar-refractivity contribution in [3.8, 4) is 17.0 Å². The van der Waals surface area contributed by atoms with Gasteiger partial charge in [-0.3, -0.25) is 9.78 Å². The molecular formula is C23H21N3O2. The van der Waals surface area contributed by atoms with Crippen LogP contribution >= 0.6 is 0 Å². The minimum absolute atomic E-state index is 0.0595. The Morgan fingerprint density at radius 1 is 1.11 bits per heavy atom. The summed E-state index contributed by atoms with van der Waals surface area (Å²) in [6.07, 6.45) is 5.55. The maximum atomic E-state index is 12.7. The van der Waals surface area contributed by atoms with Gasteiger partial charge in [-0.05, 0) is 48.7 Å². The molecule has 0 aliphatic heterocycles. The number of fused-ring (bicyclic) bond motifs is 1. The third kappa shape index (κ3) is 3.64. The fourth-order valence-corrected chi connectivity index (χ4v) is 3.17. The van der Waals surface area contributed by atoms with Crippen LogP contribution in [0.1, 0.15) is 25.7 Å². The second kappa shape index (κ2) is 7.64. The summed E-state index contributed by atoms with van der Waals surface area (Å²) in [5.41, 5.74) is 3.30. The van der Waals surface area contributed by atoms with Gasteiger partial charge in [-0.2, -0.15) is 0 Å². The van der Waals surface area contributed by atoms with Crippen molar-refractivity contribution in [2.45, 2.75) is 13.3 Å². The number of hydrogen-bond donors (Lipinski definition) is 0. The van der Waals surface area contributed by atoms with Gasteiger partial charge >= 0.3 is 0 Å². The van der Waals surface area contributed by atoms with E-state index in [1.807, 2.05) is 36.0 Å². The van der Waals surface area contributed by atoms with Crippen LogP contribution in [0.4, 0.5) is 0 Å². The van der Waals surface area contributed by atoms with Crippen molar-refractivity contribution in [1.82, 2.24) is 14.5 Å². The predicted octanol–water partition coefficient (Wildman–Crippen LogP) is 4.46. The molecular weight excluding hydrogens is 350 g/mol. The van der Waals surface area contributed by atoms with Gasteiger partial charge in [0.2, 0.25) is 0 Å². The number of nitrogens with zero attached hydrogens (tertiary/aromatic N) is 3. The number of hydrogen-bond acceptors (Lipinski definition) is 4. The van der Waals surface area contributed by atoms with Crippen molar-refractivity contribution in [2.75, 3.05) is 6.56 Å². The van der Waals surface area contributed by atoms with E-state index < -0.39 is 6.56 Å². The first-order valence-electron chi connectivity index (χ1n) is 9.96. The molecule has 4 aromatic rings. The molecule has 0 radical (unpaired) electrons. The van der Waals surface area contributed by atoms with E-state index in [4.69, 9.17) is 7.48 Å². The topological polar surface area (TPSA) is 57.0 Å². The number of benzene rings is 2. The van der Waals surface area contributed by atoms with Crippen LogP contribution in [0.15, 0.2) is 67.3 Å². The lowest BCUT2D eigenvalue weighted by molar-refractivity contribution is 0.0992. The zero-order valence-corrected chi connectivity index (χ0v) is 15.7. The standard InChI is InChI=1S/C23H21N3O2/c1-3-28-21-8-6-16(7-9-21)23(27)12-20-11-19-10-17(4-5-18(19)13-25-20)22-14-24-15-26(22)2/h4-11,13-15H,3,12H2,1-2H3/i3D2. The average Bonchev–Trinajstić information content (AvgIpc) is 3.12. The van der Waals surface area contributed by atoms with Crippen LogP contribution in [0.2, 0.25) is 0 Å². The molecule has 5 heteroatoms. The van der Waals surface area contributed by atoms with Gasteiger partial charge in [0.15, 0.2) is 5.78 Å². The van der Waals surface area contributed by atoms with Gasteiger partial charge in [-0.15, -0.1) is 0 Å². The highest BCUT2D eigenvalue weighted by Crippen LogP contribution is 2.24. The Labute approximate surface area is 166 Å². The smallest absolute Gasteiger partial charge is 0.168 e. The number of pyridine rings is 1. The van der Waals surface area contributed by atoms with E-state index in [1.54, 1.807) is 36.8 Å². The first-order chi connectivity index (χ1) is 14.3. The number of carbonyl (C=O) groups excluding carboxylic acids is 1. The van der Waals surface area contributed by atoms with E-state index in [9.17, 15) is 4.79 Å². The van der Waals surface area contributed by atoms with Gasteiger partial charge in [-0.1, -0.05) is 12.1 Å². The van der Waals surface area contributed by atoms with Gasteiger partial charge in [0.05, 0.1) is 33.9 Å². The number of aromatic nitrogens is 3. The fourth-order valence-electron chi connectivity index (χ4n) is 3.17. The third-order valence-electron chi connectivity index (χ3n) is 4.63. The maximum Gasteiger partial charge on any atom is 0.168 e. The summed E-state index contributed by atoms with van der Waals surface area (Å²) >= 11 is 0. The molecule has 0 atom stereocenters. The van der Waals surface area contributed by atoms with Crippen LogP contribution in [0.3, 0.4) is 0 Å². The summed E-state index contributed by atoms with van der Waals surface area (Å²) in [6.45, 7) is -0.438. The lowest BCUT2D eigenvalue weighted by Gasteiger charge is -2.07. The molecule has 0 aliphatic carbocycles. The van der Waals surface area contributed by atoms with Crippen LogP contribution in [-0.2, 0) is 13.5 Å². The molecule has 0 aliphatic rings. The van der Waals surface area contributed by atoms with E-state index in [0.29, 0.717) is 17.0 Å². The highest BCUT2D eigenvalue weighted by atomic mass is 16.5. The summed E-state index contributed by atoms with van der Waals surface area (Å²) in [4.78, 5) is 21.3. The fraction of sp³-hybridized carbons (Fsp3) is 0.174. The maximum absolute atomic E-state index is 12.7. The second-order valence-corrected chi connectivity index (χ2v) is 6.56. The second-order valence-electron chi connectivity index (χ2n) is 6.56. The molecule has 0 amide bonds. The molecule has 28 heavy (non-hydrogen) atoms. The van der Waals surface area contributed by atoms with Crippen molar-refractivity contribution in [2.24, 2.45) is 7.05 Å². The lowest BCUT2D eigenvalue weighted by atomic mass is 10.0. The summed E-state index contributed by atoms with van der Waals surface area (Å²) in [5, 5.41) is 2.02. The Balaban J connectivity index is 1.54. The van der Waals surface area contributed by atoms with Crippen molar-refractivity contribution < 1.29 is 12.3 Å². The van der Waals surface area contributed by atoms with E-state index >= 15 is 0 Å². The number of ketones is 1. The van der Waals surface area contributed by atoms with Crippen molar-refractivity contribution in [3.05, 3.63) is 78.5 Å². The summed E-state index contributed by atoms with van der Waals surface area (Å²) in [6, 6.07) is 14.6. The number of aryl methyl sites for hydroxylation is 1. The van der Waals surface area contributed by atoms with Crippen LogP contribution in [0, 0.1) is 0 Å². The Morgan fingerprint density at radius 2 is 1.93 bits per heavy atom. The molecule has 0 fully saturated rings. The molecule has 2 aromatic carbocycles. The van der Waals surface area contributed by atoms with Crippen molar-refractivity contribution in [3.63, 3.8) is 0 Å². The highest BCUT2D eigenvalue weighted by Gasteiger charge is 2.10. The monoisotopic (exact) mass is 373 g/mol. The van der Waals surface area contributed by atoms with Gasteiger partial charge < -0.3 is 9.30 Å². The summed E-state index contributed by atoms with van der Waals surface area (Å²) < 4.78 is 22.0. The Kier molecular flexibility index (Phi) is 4.25. The van der Waals surface area contributed by atoms with Crippen LogP contribution < -0.4 is 4.74 Å². The lowest BCUT2D eigenvalue weighted by Crippen LogP contribution is -2.05. The Hall–Kier alpha value is -3.47. The molecule has 0 N–H and O–H groups in total. The molecule has 0 saturated carbocycles. The number of ether oxygens (including phenoxy) is 1. The van der Waals surface area contributed by atoms with Crippen molar-refractivity contribution in [1.29, 1.82) is 0 Å². The summed E-state index contributed by atoms with van der Waals surface area (Å²) in [5.74, 6) is 0.321. The van der Waals surface area contributed by atoms with Gasteiger partial charge in [0.1, 0.15) is 5.75 Å². The zero-order chi connectivity index (χ0) is 21.3. The quantitative estimate of drug-likeness (QED) is 0.468. The number of carbonyl (C=O) groups is 1. The minimum atomic E-state index is -1.77. The molecule has 4 rings (SSSR count). The van der Waals surface area contributed by atoms with Gasteiger partial charge in [-0.25, -0.2) is 4.98 Å². The number of rotatable bonds is 6. The SMILES string of the molecule is [2H]C([2H])(C)Oc1ccc(C(=O)Cc2cc3cc(-c4cncn4C)ccc3cn2)cc1. The molecule has 5 nitrogen and oxygen atoms in total. The van der Waals surface area contributed by atoms with E-state index in [1.165, 1.54) is 6.92 Å². The first-order valence-corrected chi connectivity index (χ1v) is 8.96. The van der Waals surface area contributed by atoms with Crippen LogP contribution in [0.25, 0.3) is 22.0 Å². The van der Waals surface area contributed by atoms with E-state index in [0.717, 1.165) is 22.0 Å². The largest absolute Gasteiger partial charge is 0.494 e. The van der Waals surface area contributed by atoms with Crippen LogP contribution in [0.5, 0.6) is 5.75 Å². The number of imidazole rings is 1. The zero-order valence-electron chi connectivity index (χ0n) is 17.7. The molecule has 2 heterocycles.